The van der Waals surface area contributed by atoms with Crippen LogP contribution in [-0.4, -0.2) is 24.2 Å². The highest BCUT2D eigenvalue weighted by atomic mass is 79.9. The summed E-state index contributed by atoms with van der Waals surface area (Å²) in [6.07, 6.45) is 8.71. The van der Waals surface area contributed by atoms with Crippen molar-refractivity contribution in [1.82, 2.24) is 4.98 Å². The molecule has 100 valence electrons. The van der Waals surface area contributed by atoms with E-state index in [2.05, 4.69) is 42.2 Å². The van der Waals surface area contributed by atoms with Gasteiger partial charge in [0.2, 0.25) is 0 Å². The van der Waals surface area contributed by atoms with Crippen LogP contribution in [0.25, 0.3) is 0 Å². The number of nitrogens with zero attached hydrogens (tertiary/aromatic N) is 1. The first-order chi connectivity index (χ1) is 8.75. The van der Waals surface area contributed by atoms with E-state index in [1.54, 1.807) is 6.20 Å². The predicted molar refractivity (Wildman–Crippen MR) is 81.0 cm³/mol. The van der Waals surface area contributed by atoms with Crippen LogP contribution >= 0.6 is 31.9 Å². The molecule has 1 aromatic rings. The Kier molecular flexibility index (Phi) is 5.92. The minimum Gasteiger partial charge on any atom is -0.376 e. The molecule has 0 bridgehead atoms. The summed E-state index contributed by atoms with van der Waals surface area (Å²) in [4.78, 5) is 4.30. The molecular weight excluding hydrogens is 360 g/mol. The minimum atomic E-state index is 0.474. The van der Waals surface area contributed by atoms with Crippen LogP contribution in [0.15, 0.2) is 21.2 Å². The highest BCUT2D eigenvalue weighted by molar-refractivity contribution is 9.11. The predicted octanol–water partition coefficient (Wildman–Crippen LogP) is 4.37. The number of halogens is 2. The SMILES string of the molecule is Brc1cnc(NCCOC2CCCCC2)c(Br)c1. The van der Waals surface area contributed by atoms with Gasteiger partial charge in [0.15, 0.2) is 0 Å². The Balaban J connectivity index is 1.68. The average Bonchev–Trinajstić information content (AvgIpc) is 2.38. The molecule has 0 aliphatic heterocycles. The molecule has 1 fully saturated rings. The summed E-state index contributed by atoms with van der Waals surface area (Å²) in [5.74, 6) is 0.866. The average molecular weight is 378 g/mol. The summed E-state index contributed by atoms with van der Waals surface area (Å²) in [6.45, 7) is 1.54. The monoisotopic (exact) mass is 376 g/mol. The molecule has 0 spiro atoms. The van der Waals surface area contributed by atoms with Gasteiger partial charge in [-0.05, 0) is 50.8 Å². The molecule has 5 heteroatoms. The van der Waals surface area contributed by atoms with Gasteiger partial charge in [-0.15, -0.1) is 0 Å². The van der Waals surface area contributed by atoms with Crippen molar-refractivity contribution in [2.45, 2.75) is 38.2 Å². The second kappa shape index (κ2) is 7.46. The smallest absolute Gasteiger partial charge is 0.140 e. The lowest BCUT2D eigenvalue weighted by Crippen LogP contribution is -2.20. The van der Waals surface area contributed by atoms with Crippen LogP contribution < -0.4 is 5.32 Å². The number of pyridine rings is 1. The van der Waals surface area contributed by atoms with Gasteiger partial charge in [0, 0.05) is 17.2 Å². The Morgan fingerprint density at radius 1 is 1.28 bits per heavy atom. The van der Waals surface area contributed by atoms with Gasteiger partial charge in [0.05, 0.1) is 17.2 Å². The van der Waals surface area contributed by atoms with Crippen LogP contribution in [0.1, 0.15) is 32.1 Å². The van der Waals surface area contributed by atoms with E-state index < -0.39 is 0 Å². The van der Waals surface area contributed by atoms with E-state index in [4.69, 9.17) is 4.74 Å². The third-order valence-corrected chi connectivity index (χ3v) is 4.15. The Bertz CT molecular complexity index is 381. The standard InChI is InChI=1S/C13H18Br2N2O/c14-10-8-12(15)13(17-9-10)16-6-7-18-11-4-2-1-3-5-11/h8-9,11H,1-7H2,(H,16,17). The second-order valence-corrected chi connectivity index (χ2v) is 6.31. The Morgan fingerprint density at radius 2 is 2.06 bits per heavy atom. The van der Waals surface area contributed by atoms with Crippen LogP contribution in [0.4, 0.5) is 5.82 Å². The topological polar surface area (TPSA) is 34.2 Å². The molecule has 1 aliphatic carbocycles. The number of hydrogen-bond donors (Lipinski definition) is 1. The van der Waals surface area contributed by atoms with Gasteiger partial charge in [-0.25, -0.2) is 4.98 Å². The molecule has 1 saturated carbocycles. The van der Waals surface area contributed by atoms with Gasteiger partial charge in [0.1, 0.15) is 5.82 Å². The highest BCUT2D eigenvalue weighted by Crippen LogP contribution is 2.23. The first-order valence-corrected chi connectivity index (χ1v) is 8.01. The Hall–Kier alpha value is -0.130. The quantitative estimate of drug-likeness (QED) is 0.773. The van der Waals surface area contributed by atoms with Gasteiger partial charge in [-0.2, -0.15) is 0 Å². The minimum absolute atomic E-state index is 0.474. The largest absolute Gasteiger partial charge is 0.376 e. The van der Waals surface area contributed by atoms with Crippen LogP contribution in [0, 0.1) is 0 Å². The summed E-state index contributed by atoms with van der Waals surface area (Å²) in [5, 5.41) is 3.28. The fraction of sp³-hybridized carbons (Fsp3) is 0.615. The van der Waals surface area contributed by atoms with Gasteiger partial charge in [0.25, 0.3) is 0 Å². The van der Waals surface area contributed by atoms with Gasteiger partial charge in [-0.1, -0.05) is 19.3 Å². The van der Waals surface area contributed by atoms with E-state index in [0.717, 1.165) is 27.9 Å². The first kappa shape index (κ1) is 14.3. The highest BCUT2D eigenvalue weighted by Gasteiger charge is 2.13. The summed E-state index contributed by atoms with van der Waals surface area (Å²) in [6, 6.07) is 1.98. The normalized spacial score (nSPS) is 16.8. The molecule has 0 radical (unpaired) electrons. The molecule has 0 unspecified atom stereocenters. The number of hydrogen-bond acceptors (Lipinski definition) is 3. The van der Waals surface area contributed by atoms with Crippen LogP contribution in [0.2, 0.25) is 0 Å². The van der Waals surface area contributed by atoms with Gasteiger partial charge in [-0.3, -0.25) is 0 Å². The molecule has 0 amide bonds. The van der Waals surface area contributed by atoms with Crippen molar-refractivity contribution >= 4 is 37.7 Å². The molecule has 0 saturated heterocycles. The molecule has 2 rings (SSSR count). The van der Waals surface area contributed by atoms with Gasteiger partial charge < -0.3 is 10.1 Å². The van der Waals surface area contributed by atoms with Crippen LogP contribution in [0.3, 0.4) is 0 Å². The second-order valence-electron chi connectivity index (χ2n) is 4.54. The third-order valence-electron chi connectivity index (χ3n) is 3.11. The van der Waals surface area contributed by atoms with Crippen molar-refractivity contribution in [1.29, 1.82) is 0 Å². The van der Waals surface area contributed by atoms with Crippen LogP contribution in [-0.2, 0) is 4.74 Å². The number of aromatic nitrogens is 1. The lowest BCUT2D eigenvalue weighted by Gasteiger charge is -2.22. The number of rotatable bonds is 5. The van der Waals surface area contributed by atoms with E-state index in [1.165, 1.54) is 32.1 Å². The number of nitrogens with one attached hydrogen (secondary N) is 1. The van der Waals surface area contributed by atoms with Gasteiger partial charge >= 0.3 is 0 Å². The lowest BCUT2D eigenvalue weighted by molar-refractivity contribution is 0.0347. The zero-order valence-corrected chi connectivity index (χ0v) is 13.5. The van der Waals surface area contributed by atoms with E-state index in [0.29, 0.717) is 6.10 Å². The van der Waals surface area contributed by atoms with Crippen molar-refractivity contribution in [2.24, 2.45) is 0 Å². The molecule has 1 aliphatic rings. The maximum Gasteiger partial charge on any atom is 0.140 e. The van der Waals surface area contributed by atoms with Crippen molar-refractivity contribution in [3.05, 3.63) is 21.2 Å². The van der Waals surface area contributed by atoms with Crippen molar-refractivity contribution in [3.63, 3.8) is 0 Å². The summed E-state index contributed by atoms with van der Waals surface area (Å²) >= 11 is 6.87. The number of ether oxygens (including phenoxy) is 1. The maximum absolute atomic E-state index is 5.85. The van der Waals surface area contributed by atoms with Crippen LogP contribution in [0.5, 0.6) is 0 Å². The lowest BCUT2D eigenvalue weighted by atomic mass is 9.98. The van der Waals surface area contributed by atoms with E-state index >= 15 is 0 Å². The summed E-state index contributed by atoms with van der Waals surface area (Å²) in [5.41, 5.74) is 0. The fourth-order valence-corrected chi connectivity index (χ4v) is 3.30. The molecule has 18 heavy (non-hydrogen) atoms. The van der Waals surface area contributed by atoms with E-state index in [9.17, 15) is 0 Å². The van der Waals surface area contributed by atoms with Crippen molar-refractivity contribution in [2.75, 3.05) is 18.5 Å². The first-order valence-electron chi connectivity index (χ1n) is 6.42. The zero-order valence-electron chi connectivity index (χ0n) is 10.3. The van der Waals surface area contributed by atoms with E-state index in [1.807, 2.05) is 6.07 Å². The Morgan fingerprint density at radius 3 is 2.78 bits per heavy atom. The molecule has 1 N–H and O–H groups in total. The zero-order chi connectivity index (χ0) is 12.8. The van der Waals surface area contributed by atoms with Crippen molar-refractivity contribution in [3.8, 4) is 0 Å². The summed E-state index contributed by atoms with van der Waals surface area (Å²) in [7, 11) is 0. The molecule has 0 aromatic carbocycles. The molecule has 3 nitrogen and oxygen atoms in total. The summed E-state index contributed by atoms with van der Waals surface area (Å²) < 4.78 is 7.79. The third kappa shape index (κ3) is 4.52. The maximum atomic E-state index is 5.85. The number of anilines is 1. The molecule has 1 aromatic heterocycles. The Labute approximate surface area is 125 Å². The van der Waals surface area contributed by atoms with E-state index in [-0.39, 0.29) is 0 Å². The van der Waals surface area contributed by atoms with Crippen molar-refractivity contribution < 1.29 is 4.74 Å². The fourth-order valence-electron chi connectivity index (χ4n) is 2.17. The molecular formula is C13H18Br2N2O. The molecule has 1 heterocycles. The molecule has 0 atom stereocenters.